The summed E-state index contributed by atoms with van der Waals surface area (Å²) in [5.41, 5.74) is 1.17. The highest BCUT2D eigenvalue weighted by Crippen LogP contribution is 2.31. The zero-order valence-electron chi connectivity index (χ0n) is 8.81. The van der Waals surface area contributed by atoms with Crippen molar-refractivity contribution >= 4 is 0 Å². The molecule has 0 fully saturated rings. The number of fused-ring (bicyclic) bond motifs is 1. The molecule has 0 amide bonds. The highest BCUT2D eigenvalue weighted by molar-refractivity contribution is 5.36. The third-order valence-corrected chi connectivity index (χ3v) is 2.71. The molecule has 1 unspecified atom stereocenters. The molecule has 1 heteroatoms. The molecule has 2 rings (SSSR count). The second-order valence-electron chi connectivity index (χ2n) is 3.80. The monoisotopic (exact) mass is 198 g/mol. The van der Waals surface area contributed by atoms with Crippen LogP contribution in [-0.4, -0.2) is 6.61 Å². The van der Waals surface area contributed by atoms with Crippen LogP contribution in [0.2, 0.25) is 0 Å². The molecule has 0 N–H and O–H groups in total. The second kappa shape index (κ2) is 4.23. The van der Waals surface area contributed by atoms with Gasteiger partial charge < -0.3 is 4.74 Å². The fourth-order valence-electron chi connectivity index (χ4n) is 1.93. The van der Waals surface area contributed by atoms with E-state index in [9.17, 15) is 0 Å². The smallest absolute Gasteiger partial charge is 0.148 e. The fourth-order valence-corrected chi connectivity index (χ4v) is 1.93. The molecule has 0 bridgehead atoms. The Kier molecular flexibility index (Phi) is 2.78. The Bertz CT molecular complexity index is 402. The Morgan fingerprint density at radius 3 is 2.60 bits per heavy atom. The molecule has 0 saturated heterocycles. The fraction of sp³-hybridized carbons (Fsp3) is 0.286. The first kappa shape index (κ1) is 9.86. The van der Waals surface area contributed by atoms with E-state index in [1.54, 1.807) is 0 Å². The standard InChI is InChI=1S/C14H14O/c1-3-8-15-14-10-13-7-5-4-6-12(13)9-11(14)2/h1,4-7,9-10,12-13H,8H2,2H3/t12-,13?/m0/s1. The van der Waals surface area contributed by atoms with Crippen molar-refractivity contribution in [2.45, 2.75) is 6.92 Å². The van der Waals surface area contributed by atoms with Gasteiger partial charge in [0.05, 0.1) is 0 Å². The van der Waals surface area contributed by atoms with Crippen LogP contribution in [0.15, 0.2) is 47.8 Å². The van der Waals surface area contributed by atoms with Crippen molar-refractivity contribution in [3.05, 3.63) is 47.8 Å². The summed E-state index contributed by atoms with van der Waals surface area (Å²) in [7, 11) is 0. The van der Waals surface area contributed by atoms with E-state index in [1.807, 2.05) is 0 Å². The topological polar surface area (TPSA) is 9.23 Å². The summed E-state index contributed by atoms with van der Waals surface area (Å²) in [6.07, 6.45) is 18.1. The van der Waals surface area contributed by atoms with Crippen molar-refractivity contribution in [3.8, 4) is 12.3 Å². The van der Waals surface area contributed by atoms with Crippen LogP contribution in [0.1, 0.15) is 6.92 Å². The van der Waals surface area contributed by atoms with E-state index in [4.69, 9.17) is 11.2 Å². The van der Waals surface area contributed by atoms with Crippen LogP contribution in [0.25, 0.3) is 0 Å². The van der Waals surface area contributed by atoms with Gasteiger partial charge in [0.1, 0.15) is 12.4 Å². The summed E-state index contributed by atoms with van der Waals surface area (Å²) in [6, 6.07) is 0. The maximum atomic E-state index is 5.49. The van der Waals surface area contributed by atoms with E-state index >= 15 is 0 Å². The normalized spacial score (nSPS) is 27.5. The summed E-state index contributed by atoms with van der Waals surface area (Å²) in [4.78, 5) is 0. The van der Waals surface area contributed by atoms with Crippen molar-refractivity contribution in [2.24, 2.45) is 11.8 Å². The van der Waals surface area contributed by atoms with E-state index in [0.717, 1.165) is 5.76 Å². The van der Waals surface area contributed by atoms with Crippen molar-refractivity contribution in [1.82, 2.24) is 0 Å². The van der Waals surface area contributed by atoms with Crippen LogP contribution in [0.3, 0.4) is 0 Å². The van der Waals surface area contributed by atoms with Gasteiger partial charge in [-0.3, -0.25) is 0 Å². The molecule has 1 nitrogen and oxygen atoms in total. The lowest BCUT2D eigenvalue weighted by molar-refractivity contribution is 0.256. The van der Waals surface area contributed by atoms with Crippen LogP contribution in [0.4, 0.5) is 0 Å². The quantitative estimate of drug-likeness (QED) is 0.620. The molecule has 2 aliphatic carbocycles. The number of terminal acetylenes is 1. The minimum absolute atomic E-state index is 0.341. The zero-order valence-corrected chi connectivity index (χ0v) is 8.81. The van der Waals surface area contributed by atoms with Gasteiger partial charge in [-0.2, -0.15) is 0 Å². The lowest BCUT2D eigenvalue weighted by Crippen LogP contribution is -2.14. The summed E-state index contributed by atoms with van der Waals surface area (Å²) >= 11 is 0. The molecule has 0 aromatic carbocycles. The SMILES string of the molecule is C#CCOC1=CC2C=CC=C[C@H]2C=C1C. The van der Waals surface area contributed by atoms with Crippen molar-refractivity contribution in [3.63, 3.8) is 0 Å². The van der Waals surface area contributed by atoms with Crippen LogP contribution in [0, 0.1) is 24.2 Å². The van der Waals surface area contributed by atoms with Gasteiger partial charge in [0.2, 0.25) is 0 Å². The van der Waals surface area contributed by atoms with Gasteiger partial charge in [0.25, 0.3) is 0 Å². The van der Waals surface area contributed by atoms with Crippen LogP contribution < -0.4 is 0 Å². The lowest BCUT2D eigenvalue weighted by Gasteiger charge is -2.25. The number of ether oxygens (including phenoxy) is 1. The van der Waals surface area contributed by atoms with Crippen LogP contribution in [-0.2, 0) is 4.74 Å². The molecular formula is C14H14O. The summed E-state index contributed by atoms with van der Waals surface area (Å²) in [6.45, 7) is 2.40. The van der Waals surface area contributed by atoms with Crippen molar-refractivity contribution in [1.29, 1.82) is 0 Å². The third-order valence-electron chi connectivity index (χ3n) is 2.71. The summed E-state index contributed by atoms with van der Waals surface area (Å²) in [5.74, 6) is 4.31. The third kappa shape index (κ3) is 2.05. The molecule has 0 aromatic heterocycles. The maximum Gasteiger partial charge on any atom is 0.148 e. The van der Waals surface area contributed by atoms with Gasteiger partial charge in [-0.1, -0.05) is 36.3 Å². The number of hydrogen-bond acceptors (Lipinski definition) is 1. The van der Waals surface area contributed by atoms with E-state index in [-0.39, 0.29) is 0 Å². The van der Waals surface area contributed by atoms with E-state index < -0.39 is 0 Å². The molecule has 0 spiro atoms. The number of allylic oxidation sites excluding steroid dienone is 7. The molecule has 2 atom stereocenters. The molecule has 0 radical (unpaired) electrons. The van der Waals surface area contributed by atoms with Gasteiger partial charge in [0.15, 0.2) is 0 Å². The van der Waals surface area contributed by atoms with Gasteiger partial charge in [-0.25, -0.2) is 0 Å². The predicted octanol–water partition coefficient (Wildman–Crippen LogP) is 2.84. The highest BCUT2D eigenvalue weighted by atomic mass is 16.5. The first-order valence-corrected chi connectivity index (χ1v) is 5.13. The van der Waals surface area contributed by atoms with Crippen LogP contribution in [0.5, 0.6) is 0 Å². The zero-order chi connectivity index (χ0) is 10.7. The Morgan fingerprint density at radius 1 is 1.27 bits per heavy atom. The van der Waals surface area contributed by atoms with Gasteiger partial charge in [-0.15, -0.1) is 6.42 Å². The number of rotatable bonds is 2. The summed E-state index contributed by atoms with van der Waals surface area (Å²) < 4.78 is 5.49. The largest absolute Gasteiger partial charge is 0.481 e. The molecule has 15 heavy (non-hydrogen) atoms. The Hall–Kier alpha value is -1.68. The molecule has 76 valence electrons. The maximum absolute atomic E-state index is 5.49. The lowest BCUT2D eigenvalue weighted by atomic mass is 9.82. The first-order chi connectivity index (χ1) is 7.31. The van der Waals surface area contributed by atoms with E-state index in [1.165, 1.54) is 5.57 Å². The molecule has 0 aliphatic heterocycles. The Morgan fingerprint density at radius 2 is 1.93 bits per heavy atom. The van der Waals surface area contributed by atoms with Gasteiger partial charge in [0, 0.05) is 11.8 Å². The summed E-state index contributed by atoms with van der Waals surface area (Å²) in [5, 5.41) is 0. The van der Waals surface area contributed by atoms with E-state index in [0.29, 0.717) is 18.4 Å². The minimum atomic E-state index is 0.341. The Balaban J connectivity index is 2.17. The first-order valence-electron chi connectivity index (χ1n) is 5.13. The molecular weight excluding hydrogens is 184 g/mol. The van der Waals surface area contributed by atoms with Crippen molar-refractivity contribution in [2.75, 3.05) is 6.61 Å². The minimum Gasteiger partial charge on any atom is -0.481 e. The van der Waals surface area contributed by atoms with E-state index in [2.05, 4.69) is 49.3 Å². The predicted molar refractivity (Wildman–Crippen MR) is 61.9 cm³/mol. The second-order valence-corrected chi connectivity index (χ2v) is 3.80. The average molecular weight is 198 g/mol. The highest BCUT2D eigenvalue weighted by Gasteiger charge is 2.21. The molecule has 0 saturated carbocycles. The Labute approximate surface area is 90.8 Å². The molecule has 0 aromatic rings. The average Bonchev–Trinajstić information content (AvgIpc) is 2.26. The van der Waals surface area contributed by atoms with Crippen molar-refractivity contribution < 1.29 is 4.74 Å². The van der Waals surface area contributed by atoms with Gasteiger partial charge >= 0.3 is 0 Å². The van der Waals surface area contributed by atoms with Crippen LogP contribution >= 0.6 is 0 Å². The molecule has 2 aliphatic rings. The number of hydrogen-bond donors (Lipinski definition) is 0. The molecule has 0 heterocycles. The van der Waals surface area contributed by atoms with Gasteiger partial charge in [-0.05, 0) is 18.6 Å².